The predicted octanol–water partition coefficient (Wildman–Crippen LogP) is 15.0. The van der Waals surface area contributed by atoms with Crippen LogP contribution >= 0.6 is 0 Å². The van der Waals surface area contributed by atoms with Crippen LogP contribution in [-0.2, 0) is 11.8 Å². The van der Waals surface area contributed by atoms with Crippen molar-refractivity contribution < 1.29 is 0 Å². The fraction of sp³-hybridized carbons (Fsp3) is 0.123. The van der Waals surface area contributed by atoms with Crippen LogP contribution in [0.25, 0.3) is 49.7 Å². The molecule has 2 atom stereocenters. The van der Waals surface area contributed by atoms with Crippen LogP contribution in [0.3, 0.4) is 0 Å². The molecule has 0 bridgehead atoms. The average Bonchev–Trinajstić information content (AvgIpc) is 3.54. The van der Waals surface area contributed by atoms with E-state index in [1.165, 1.54) is 88.7 Å². The first-order chi connectivity index (χ1) is 28.1. The van der Waals surface area contributed by atoms with Gasteiger partial charge in [-0.2, -0.15) is 0 Å². The van der Waals surface area contributed by atoms with Gasteiger partial charge in [-0.25, -0.2) is 0 Å². The number of fused-ring (bicyclic) bond motifs is 4. The molecule has 0 heteroatoms. The molecule has 2 aliphatic rings. The summed E-state index contributed by atoms with van der Waals surface area (Å²) in [7, 11) is 0. The van der Waals surface area contributed by atoms with Crippen molar-refractivity contribution in [2.75, 3.05) is 0 Å². The van der Waals surface area contributed by atoms with Gasteiger partial charge in [-0.1, -0.05) is 200 Å². The first kappa shape index (κ1) is 35.0. The molecule has 0 fully saturated rings. The number of allylic oxidation sites excluding steroid dienone is 4. The van der Waals surface area contributed by atoms with E-state index < -0.39 is 0 Å². The Bertz CT molecular complexity index is 2770. The molecular weight excluding hydrogens is 685 g/mol. The minimum Gasteiger partial charge on any atom is -0.0624 e. The molecule has 274 valence electrons. The summed E-state index contributed by atoms with van der Waals surface area (Å²) in [5.74, 6) is 0.375. The fourth-order valence-electron chi connectivity index (χ4n) is 9.62. The molecule has 0 aliphatic heterocycles. The summed E-state index contributed by atoms with van der Waals surface area (Å²) in [6, 6.07) is 72.1. The molecule has 10 rings (SSSR count). The van der Waals surface area contributed by atoms with Gasteiger partial charge in [0.1, 0.15) is 0 Å². The van der Waals surface area contributed by atoms with Gasteiger partial charge in [-0.05, 0) is 128 Å². The van der Waals surface area contributed by atoms with E-state index in [0.717, 1.165) is 25.7 Å². The van der Waals surface area contributed by atoms with Crippen LogP contribution in [-0.4, -0.2) is 0 Å². The van der Waals surface area contributed by atoms with Crippen molar-refractivity contribution in [1.29, 1.82) is 0 Å². The third-order valence-electron chi connectivity index (χ3n) is 12.8. The number of hydrogen-bond acceptors (Lipinski definition) is 0. The molecule has 8 aromatic rings. The van der Waals surface area contributed by atoms with E-state index in [4.69, 9.17) is 0 Å². The molecule has 57 heavy (non-hydrogen) atoms. The highest BCUT2D eigenvalue weighted by atomic mass is 14.4. The largest absolute Gasteiger partial charge is 0.0624 e. The third kappa shape index (κ3) is 6.56. The Balaban J connectivity index is 0.954. The van der Waals surface area contributed by atoms with Crippen LogP contribution in [0.1, 0.15) is 65.5 Å². The summed E-state index contributed by atoms with van der Waals surface area (Å²) in [5, 5.41) is 2.55. The first-order valence-electron chi connectivity index (χ1n) is 20.6. The van der Waals surface area contributed by atoms with Gasteiger partial charge in [0.15, 0.2) is 0 Å². The van der Waals surface area contributed by atoms with E-state index >= 15 is 0 Å². The van der Waals surface area contributed by atoms with Crippen LogP contribution in [0, 0.1) is 0 Å². The standard InChI is InChI=1S/C57H46/c1-57(51-19-9-4-10-20-51)55-37-40(22-35-53(55)54-36-33-50(39-56(54)57)49-32-29-42-15-11-12-18-48(42)38-49)21-34-52(46-16-7-3-8-17-46)47-30-27-45(28-31-47)44-25-23-43(24-26-44)41-13-5-2-6-14-41/h2-20,22-27,29-30,32-33,35-39,52H,21,28,31,34H2,1H3. The van der Waals surface area contributed by atoms with Crippen LogP contribution < -0.4 is 0 Å². The molecule has 0 aromatic heterocycles. The highest BCUT2D eigenvalue weighted by Crippen LogP contribution is 2.53. The van der Waals surface area contributed by atoms with Crippen molar-refractivity contribution >= 4 is 16.3 Å². The zero-order valence-electron chi connectivity index (χ0n) is 32.5. The van der Waals surface area contributed by atoms with E-state index in [2.05, 4.69) is 213 Å². The van der Waals surface area contributed by atoms with Crippen molar-refractivity contribution in [3.8, 4) is 33.4 Å². The maximum Gasteiger partial charge on any atom is 0.0435 e. The lowest BCUT2D eigenvalue weighted by molar-refractivity contribution is 0.668. The monoisotopic (exact) mass is 730 g/mol. The lowest BCUT2D eigenvalue weighted by Crippen LogP contribution is -2.22. The fourth-order valence-corrected chi connectivity index (χ4v) is 9.62. The predicted molar refractivity (Wildman–Crippen MR) is 241 cm³/mol. The molecule has 2 unspecified atom stereocenters. The molecule has 0 saturated carbocycles. The van der Waals surface area contributed by atoms with E-state index in [0.29, 0.717) is 5.92 Å². The zero-order chi connectivity index (χ0) is 38.2. The van der Waals surface area contributed by atoms with Crippen molar-refractivity contribution in [1.82, 2.24) is 0 Å². The van der Waals surface area contributed by atoms with Gasteiger partial charge in [-0.3, -0.25) is 0 Å². The Morgan fingerprint density at radius 3 is 1.77 bits per heavy atom. The normalized spacial score (nSPS) is 16.4. The third-order valence-corrected chi connectivity index (χ3v) is 12.8. The maximum atomic E-state index is 2.53. The van der Waals surface area contributed by atoms with Crippen molar-refractivity contribution in [2.45, 2.75) is 43.9 Å². The molecule has 0 spiro atoms. The molecule has 0 saturated heterocycles. The zero-order valence-corrected chi connectivity index (χ0v) is 32.5. The van der Waals surface area contributed by atoms with Crippen molar-refractivity contribution in [2.24, 2.45) is 0 Å². The minimum absolute atomic E-state index is 0.264. The van der Waals surface area contributed by atoms with Crippen molar-refractivity contribution in [3.05, 3.63) is 245 Å². The molecule has 0 N–H and O–H groups in total. The molecule has 0 nitrogen and oxygen atoms in total. The van der Waals surface area contributed by atoms with Gasteiger partial charge in [0, 0.05) is 11.3 Å². The summed E-state index contributed by atoms with van der Waals surface area (Å²) < 4.78 is 0. The van der Waals surface area contributed by atoms with E-state index in [-0.39, 0.29) is 5.41 Å². The highest BCUT2D eigenvalue weighted by Gasteiger charge is 2.41. The van der Waals surface area contributed by atoms with Crippen LogP contribution in [0.4, 0.5) is 0 Å². The molecule has 8 aromatic carbocycles. The lowest BCUT2D eigenvalue weighted by Gasteiger charge is -2.29. The van der Waals surface area contributed by atoms with Gasteiger partial charge in [-0.15, -0.1) is 0 Å². The van der Waals surface area contributed by atoms with Crippen LogP contribution in [0.5, 0.6) is 0 Å². The number of hydrogen-bond donors (Lipinski definition) is 0. The number of rotatable bonds is 9. The van der Waals surface area contributed by atoms with Crippen LogP contribution in [0.15, 0.2) is 212 Å². The van der Waals surface area contributed by atoms with Gasteiger partial charge in [0.25, 0.3) is 0 Å². The molecule has 0 heterocycles. The molecule has 0 radical (unpaired) electrons. The van der Waals surface area contributed by atoms with Crippen molar-refractivity contribution in [3.63, 3.8) is 0 Å². The number of aryl methyl sites for hydroxylation is 1. The van der Waals surface area contributed by atoms with Crippen LogP contribution in [0.2, 0.25) is 0 Å². The summed E-state index contributed by atoms with van der Waals surface area (Å²) >= 11 is 0. The Morgan fingerprint density at radius 1 is 0.456 bits per heavy atom. The highest BCUT2D eigenvalue weighted by molar-refractivity contribution is 5.90. The molecule has 2 aliphatic carbocycles. The second-order valence-electron chi connectivity index (χ2n) is 16.1. The quantitative estimate of drug-likeness (QED) is 0.139. The second-order valence-corrected chi connectivity index (χ2v) is 16.1. The smallest absolute Gasteiger partial charge is 0.0435 e. The lowest BCUT2D eigenvalue weighted by atomic mass is 9.73. The van der Waals surface area contributed by atoms with E-state index in [9.17, 15) is 0 Å². The average molecular weight is 731 g/mol. The summed E-state index contributed by atoms with van der Waals surface area (Å²) in [6.45, 7) is 2.44. The Hall–Kier alpha value is -6.50. The molecule has 0 amide bonds. The maximum absolute atomic E-state index is 2.53. The van der Waals surface area contributed by atoms with Gasteiger partial charge >= 0.3 is 0 Å². The Labute approximate surface area is 337 Å². The summed E-state index contributed by atoms with van der Waals surface area (Å²) in [4.78, 5) is 0. The molecular formula is C57H46. The summed E-state index contributed by atoms with van der Waals surface area (Å²) in [6.07, 6.45) is 9.05. The van der Waals surface area contributed by atoms with Gasteiger partial charge < -0.3 is 0 Å². The van der Waals surface area contributed by atoms with Gasteiger partial charge in [0.2, 0.25) is 0 Å². The van der Waals surface area contributed by atoms with Gasteiger partial charge in [0.05, 0.1) is 0 Å². The Kier molecular flexibility index (Phi) is 9.12. The number of benzene rings is 8. The first-order valence-corrected chi connectivity index (χ1v) is 20.6. The SMILES string of the molecule is CC1(c2ccccc2)c2cc(CCC(C3=CC=C(c4ccc(-c5ccccc5)cc4)CC3)c3ccccc3)ccc2-c2ccc(-c3ccc4ccccc4c3)cc21. The summed E-state index contributed by atoms with van der Waals surface area (Å²) in [5.41, 5.74) is 18.7. The minimum atomic E-state index is -0.264. The van der Waals surface area contributed by atoms with E-state index in [1.54, 1.807) is 0 Å². The Morgan fingerprint density at radius 2 is 1.04 bits per heavy atom. The van der Waals surface area contributed by atoms with E-state index in [1.807, 2.05) is 0 Å². The topological polar surface area (TPSA) is 0 Å². The second kappa shape index (κ2) is 14.9.